The Balaban J connectivity index is 2.00. The third-order valence-corrected chi connectivity index (χ3v) is 3.58. The molecule has 2 aromatic rings. The fraction of sp³-hybridized carbons (Fsp3) is 0.357. The predicted octanol–water partition coefficient (Wildman–Crippen LogP) is 2.29. The van der Waals surface area contributed by atoms with Gasteiger partial charge in [-0.3, -0.25) is 4.68 Å². The second kappa shape index (κ2) is 4.00. The van der Waals surface area contributed by atoms with Gasteiger partial charge >= 0.3 is 0 Å². The van der Waals surface area contributed by atoms with Crippen molar-refractivity contribution in [2.45, 2.75) is 18.9 Å². The van der Waals surface area contributed by atoms with E-state index in [2.05, 4.69) is 34.7 Å². The van der Waals surface area contributed by atoms with E-state index in [1.54, 1.807) is 0 Å². The van der Waals surface area contributed by atoms with Gasteiger partial charge in [-0.1, -0.05) is 12.1 Å². The summed E-state index contributed by atoms with van der Waals surface area (Å²) in [7, 11) is 3.99. The minimum atomic E-state index is 0.530. The molecule has 0 saturated heterocycles. The van der Waals surface area contributed by atoms with Gasteiger partial charge in [-0.15, -0.1) is 0 Å². The molecule has 0 aliphatic heterocycles. The normalized spacial score (nSPS) is 18.4. The molecule has 0 amide bonds. The van der Waals surface area contributed by atoms with Gasteiger partial charge in [0.2, 0.25) is 0 Å². The average molecular weight is 227 g/mol. The van der Waals surface area contributed by atoms with Crippen molar-refractivity contribution in [1.29, 1.82) is 0 Å². The number of aryl methyl sites for hydroxylation is 2. The van der Waals surface area contributed by atoms with Gasteiger partial charge in [-0.25, -0.2) is 0 Å². The van der Waals surface area contributed by atoms with E-state index in [-0.39, 0.29) is 0 Å². The number of nitrogens with zero attached hydrogens (tertiary/aromatic N) is 2. The van der Waals surface area contributed by atoms with E-state index in [0.717, 1.165) is 5.69 Å². The molecule has 1 aliphatic carbocycles. The summed E-state index contributed by atoms with van der Waals surface area (Å²) in [5.41, 5.74) is 5.20. The Hall–Kier alpha value is -1.61. The molecule has 1 aliphatic rings. The highest BCUT2D eigenvalue weighted by molar-refractivity contribution is 5.61. The number of aromatic nitrogens is 2. The van der Waals surface area contributed by atoms with E-state index < -0.39 is 0 Å². The molecule has 1 atom stereocenters. The lowest BCUT2D eigenvalue weighted by molar-refractivity contribution is 0.590. The van der Waals surface area contributed by atoms with Crippen LogP contribution < -0.4 is 5.32 Å². The molecule has 3 nitrogen and oxygen atoms in total. The molecule has 1 aromatic carbocycles. The van der Waals surface area contributed by atoms with Crippen molar-refractivity contribution in [2.24, 2.45) is 7.05 Å². The smallest absolute Gasteiger partial charge is 0.0923 e. The Bertz CT molecular complexity index is 542. The van der Waals surface area contributed by atoms with Crippen LogP contribution in [0.4, 0.5) is 0 Å². The monoisotopic (exact) mass is 227 g/mol. The molecule has 0 fully saturated rings. The fourth-order valence-electron chi connectivity index (χ4n) is 2.65. The molecule has 3 rings (SSSR count). The molecule has 1 aromatic heterocycles. The summed E-state index contributed by atoms with van der Waals surface area (Å²) in [6.07, 6.45) is 4.36. The first-order valence-electron chi connectivity index (χ1n) is 6.08. The van der Waals surface area contributed by atoms with Gasteiger partial charge in [-0.05, 0) is 43.1 Å². The van der Waals surface area contributed by atoms with Crippen molar-refractivity contribution in [3.05, 3.63) is 41.6 Å². The summed E-state index contributed by atoms with van der Waals surface area (Å²) in [5.74, 6) is 0. The summed E-state index contributed by atoms with van der Waals surface area (Å²) in [6, 6.07) is 9.30. The van der Waals surface area contributed by atoms with Gasteiger partial charge in [0.05, 0.1) is 5.69 Å². The maximum Gasteiger partial charge on any atom is 0.0923 e. The topological polar surface area (TPSA) is 29.9 Å². The molecule has 0 spiro atoms. The minimum Gasteiger partial charge on any atom is -0.313 e. The summed E-state index contributed by atoms with van der Waals surface area (Å²) in [6.45, 7) is 0. The standard InChI is InChI=1S/C14H17N3/c1-15-14-6-4-10-9-11(3-5-12(10)14)13-7-8-17(2)16-13/h3,5,7-9,14-15H,4,6H2,1-2H3. The van der Waals surface area contributed by atoms with E-state index >= 15 is 0 Å². The maximum absolute atomic E-state index is 4.45. The van der Waals surface area contributed by atoms with E-state index in [1.165, 1.54) is 29.5 Å². The van der Waals surface area contributed by atoms with Gasteiger partial charge in [0, 0.05) is 24.8 Å². The first kappa shape index (κ1) is 10.5. The van der Waals surface area contributed by atoms with Crippen molar-refractivity contribution < 1.29 is 0 Å². The van der Waals surface area contributed by atoms with Gasteiger partial charge in [0.25, 0.3) is 0 Å². The highest BCUT2D eigenvalue weighted by atomic mass is 15.2. The lowest BCUT2D eigenvalue weighted by Crippen LogP contribution is -2.12. The molecule has 17 heavy (non-hydrogen) atoms. The van der Waals surface area contributed by atoms with Gasteiger partial charge in [0.15, 0.2) is 0 Å². The van der Waals surface area contributed by atoms with Crippen molar-refractivity contribution in [1.82, 2.24) is 15.1 Å². The Morgan fingerprint density at radius 3 is 2.94 bits per heavy atom. The third kappa shape index (κ3) is 1.76. The molecule has 0 radical (unpaired) electrons. The molecular weight excluding hydrogens is 210 g/mol. The fourth-order valence-corrected chi connectivity index (χ4v) is 2.65. The predicted molar refractivity (Wildman–Crippen MR) is 68.8 cm³/mol. The van der Waals surface area contributed by atoms with Gasteiger partial charge in [-0.2, -0.15) is 5.10 Å². The summed E-state index contributed by atoms with van der Waals surface area (Å²) in [4.78, 5) is 0. The zero-order chi connectivity index (χ0) is 11.8. The largest absolute Gasteiger partial charge is 0.313 e. The minimum absolute atomic E-state index is 0.530. The molecule has 0 bridgehead atoms. The molecule has 1 N–H and O–H groups in total. The average Bonchev–Trinajstić information content (AvgIpc) is 2.94. The van der Waals surface area contributed by atoms with Crippen molar-refractivity contribution in [3.63, 3.8) is 0 Å². The van der Waals surface area contributed by atoms with Crippen LogP contribution in [0.1, 0.15) is 23.6 Å². The van der Waals surface area contributed by atoms with Crippen LogP contribution in [-0.4, -0.2) is 16.8 Å². The van der Waals surface area contributed by atoms with Gasteiger partial charge < -0.3 is 5.32 Å². The Labute approximate surface area is 101 Å². The second-order valence-corrected chi connectivity index (χ2v) is 4.67. The van der Waals surface area contributed by atoms with Crippen molar-refractivity contribution >= 4 is 0 Å². The van der Waals surface area contributed by atoms with Crippen molar-refractivity contribution in [3.8, 4) is 11.3 Å². The highest BCUT2D eigenvalue weighted by Gasteiger charge is 2.21. The molecule has 1 unspecified atom stereocenters. The summed E-state index contributed by atoms with van der Waals surface area (Å²) >= 11 is 0. The van der Waals surface area contributed by atoms with Crippen LogP contribution in [0.5, 0.6) is 0 Å². The molecule has 1 heterocycles. The van der Waals surface area contributed by atoms with Crippen LogP contribution in [0.3, 0.4) is 0 Å². The number of fused-ring (bicyclic) bond motifs is 1. The Morgan fingerprint density at radius 2 is 2.24 bits per heavy atom. The van der Waals surface area contributed by atoms with E-state index in [9.17, 15) is 0 Å². The Kier molecular flexibility index (Phi) is 2.48. The van der Waals surface area contributed by atoms with Crippen LogP contribution in [0.2, 0.25) is 0 Å². The van der Waals surface area contributed by atoms with Crippen LogP contribution in [-0.2, 0) is 13.5 Å². The van der Waals surface area contributed by atoms with Crippen molar-refractivity contribution in [2.75, 3.05) is 7.05 Å². The third-order valence-electron chi connectivity index (χ3n) is 3.58. The maximum atomic E-state index is 4.45. The van der Waals surface area contributed by atoms with Gasteiger partial charge in [0.1, 0.15) is 0 Å². The zero-order valence-electron chi connectivity index (χ0n) is 10.3. The van der Waals surface area contributed by atoms with Crippen LogP contribution in [0, 0.1) is 0 Å². The number of hydrogen-bond acceptors (Lipinski definition) is 2. The van der Waals surface area contributed by atoms with E-state index in [1.807, 2.05) is 25.0 Å². The van der Waals surface area contributed by atoms with E-state index in [0.29, 0.717) is 6.04 Å². The highest BCUT2D eigenvalue weighted by Crippen LogP contribution is 2.33. The number of rotatable bonds is 2. The number of benzene rings is 1. The number of hydrogen-bond donors (Lipinski definition) is 1. The lowest BCUT2D eigenvalue weighted by atomic mass is 10.0. The number of nitrogens with one attached hydrogen (secondary N) is 1. The second-order valence-electron chi connectivity index (χ2n) is 4.67. The van der Waals surface area contributed by atoms with Crippen LogP contribution >= 0.6 is 0 Å². The van der Waals surface area contributed by atoms with E-state index in [4.69, 9.17) is 0 Å². The molecule has 88 valence electrons. The quantitative estimate of drug-likeness (QED) is 0.853. The summed E-state index contributed by atoms with van der Waals surface area (Å²) in [5, 5.41) is 7.81. The zero-order valence-corrected chi connectivity index (χ0v) is 10.3. The van der Waals surface area contributed by atoms with Crippen LogP contribution in [0.15, 0.2) is 30.5 Å². The lowest BCUT2D eigenvalue weighted by Gasteiger charge is -2.10. The first-order chi connectivity index (χ1) is 8.28. The summed E-state index contributed by atoms with van der Waals surface area (Å²) < 4.78 is 1.85. The van der Waals surface area contributed by atoms with Crippen LogP contribution in [0.25, 0.3) is 11.3 Å². The Morgan fingerprint density at radius 1 is 1.35 bits per heavy atom. The first-order valence-corrected chi connectivity index (χ1v) is 6.08. The molecular formula is C14H17N3. The SMILES string of the molecule is CNC1CCc2cc(-c3ccn(C)n3)ccc21. The molecule has 3 heteroatoms. The molecule has 0 saturated carbocycles.